The van der Waals surface area contributed by atoms with Gasteiger partial charge in [0, 0.05) is 24.1 Å². The Morgan fingerprint density at radius 2 is 2.06 bits per heavy atom. The Hall–Kier alpha value is -2.58. The minimum absolute atomic E-state index is 0.0169. The van der Waals surface area contributed by atoms with Crippen molar-refractivity contribution >= 4 is 35.1 Å². The second-order valence-corrected chi connectivity index (χ2v) is 8.81. The number of benzene rings is 1. The molecule has 0 radical (unpaired) electrons. The van der Waals surface area contributed by atoms with Crippen molar-refractivity contribution < 1.29 is 18.4 Å². The Balaban J connectivity index is 1.53. The number of hydrogen-bond donors (Lipinski definition) is 0. The molecule has 0 spiro atoms. The van der Waals surface area contributed by atoms with Crippen molar-refractivity contribution in [2.75, 3.05) is 12.8 Å². The Morgan fingerprint density at radius 1 is 1.26 bits per heavy atom. The summed E-state index contributed by atoms with van der Waals surface area (Å²) in [4.78, 5) is 27.8. The third kappa shape index (κ3) is 4.02. The summed E-state index contributed by atoms with van der Waals surface area (Å²) in [5.41, 5.74) is 0.341. The van der Waals surface area contributed by atoms with Crippen LogP contribution in [0.1, 0.15) is 37.0 Å². The second-order valence-electron chi connectivity index (χ2n) is 7.48. The van der Waals surface area contributed by atoms with Gasteiger partial charge in [0.15, 0.2) is 5.78 Å². The lowest BCUT2D eigenvalue weighted by molar-refractivity contribution is -0.146. The summed E-state index contributed by atoms with van der Waals surface area (Å²) in [6, 6.07) is 9.00. The number of hydrogen-bond acceptors (Lipinski definition) is 7. The third-order valence-electron chi connectivity index (χ3n) is 5.73. The molecule has 9 heteroatoms. The van der Waals surface area contributed by atoms with Crippen LogP contribution in [-0.2, 0) is 15.1 Å². The zero-order valence-electron chi connectivity index (χ0n) is 17.3. The molecule has 3 aromatic rings. The highest BCUT2D eigenvalue weighted by atomic mass is 35.5. The predicted octanol–water partition coefficient (Wildman–Crippen LogP) is 4.88. The number of ketones is 1. The van der Waals surface area contributed by atoms with Gasteiger partial charge in [-0.25, -0.2) is 0 Å². The molecule has 1 saturated carbocycles. The second kappa shape index (κ2) is 8.88. The lowest BCUT2D eigenvalue weighted by Gasteiger charge is -2.44. The first kappa shape index (κ1) is 21.6. The first-order valence-corrected chi connectivity index (χ1v) is 11.4. The highest BCUT2D eigenvalue weighted by Gasteiger charge is 2.47. The van der Waals surface area contributed by atoms with Gasteiger partial charge in [-0.15, -0.1) is 10.2 Å². The molecule has 1 fully saturated rings. The van der Waals surface area contributed by atoms with Crippen LogP contribution in [0.4, 0.5) is 0 Å². The number of likely N-dealkylation sites (N-methyl/N-ethyl adjacent to an activating group) is 1. The van der Waals surface area contributed by atoms with Gasteiger partial charge >= 0.3 is 0 Å². The monoisotopic (exact) mass is 459 g/mol. The van der Waals surface area contributed by atoms with Crippen molar-refractivity contribution in [3.63, 3.8) is 0 Å². The van der Waals surface area contributed by atoms with Gasteiger partial charge in [0.2, 0.25) is 5.91 Å². The van der Waals surface area contributed by atoms with Crippen molar-refractivity contribution in [1.82, 2.24) is 15.1 Å². The Labute approximate surface area is 189 Å². The topological polar surface area (TPSA) is 89.4 Å². The largest absolute Gasteiger partial charge is 0.469 e. The quantitative estimate of drug-likeness (QED) is 0.485. The van der Waals surface area contributed by atoms with E-state index < -0.39 is 5.54 Å². The number of carbonyl (C=O) groups is 2. The molecule has 2 aromatic heterocycles. The van der Waals surface area contributed by atoms with Crippen LogP contribution in [0, 0.1) is 6.92 Å². The van der Waals surface area contributed by atoms with E-state index in [-0.39, 0.29) is 22.7 Å². The van der Waals surface area contributed by atoms with Gasteiger partial charge in [-0.05, 0) is 38.3 Å². The summed E-state index contributed by atoms with van der Waals surface area (Å²) in [6.45, 7) is 1.81. The van der Waals surface area contributed by atoms with Gasteiger partial charge in [0.05, 0.1) is 17.6 Å². The molecule has 0 N–H and O–H groups in total. The number of thioether (sulfide) groups is 1. The number of aryl methyl sites for hydroxylation is 1. The zero-order valence-corrected chi connectivity index (χ0v) is 18.8. The molecule has 1 aliphatic carbocycles. The smallest absolute Gasteiger partial charge is 0.277 e. The van der Waals surface area contributed by atoms with Crippen LogP contribution in [0.5, 0.6) is 0 Å². The number of carbonyl (C=O) groups excluding carboxylic acids is 2. The molecule has 0 unspecified atom stereocenters. The first-order chi connectivity index (χ1) is 14.9. The summed E-state index contributed by atoms with van der Waals surface area (Å²) >= 11 is 7.60. The molecule has 1 amide bonds. The van der Waals surface area contributed by atoms with E-state index in [1.54, 1.807) is 37.3 Å². The summed E-state index contributed by atoms with van der Waals surface area (Å²) < 4.78 is 10.9. The van der Waals surface area contributed by atoms with Gasteiger partial charge in [0.25, 0.3) is 11.1 Å². The standard InChI is InChI=1S/C22H22ClN3O4S/c1-14-15(10-12-29-14)20-24-25-21(30-20)31-13-19(28)26(2)22(11-6-5-9-18(22)27)16-7-3-4-8-17(16)23/h3-4,7-8,10,12H,5-6,9,11,13H2,1-2H3/t22-/m1/s1. The fourth-order valence-corrected chi connectivity index (χ4v) is 5.02. The van der Waals surface area contributed by atoms with E-state index >= 15 is 0 Å². The molecule has 0 bridgehead atoms. The van der Waals surface area contributed by atoms with Gasteiger partial charge in [-0.2, -0.15) is 0 Å². The number of aromatic nitrogens is 2. The van der Waals surface area contributed by atoms with Crippen LogP contribution in [0.15, 0.2) is 50.7 Å². The van der Waals surface area contributed by atoms with Crippen LogP contribution >= 0.6 is 23.4 Å². The lowest BCUT2D eigenvalue weighted by atomic mass is 9.74. The average Bonchev–Trinajstić information content (AvgIpc) is 3.41. The summed E-state index contributed by atoms with van der Waals surface area (Å²) in [6.07, 6.45) is 4.19. The van der Waals surface area contributed by atoms with E-state index in [9.17, 15) is 9.59 Å². The molecule has 0 saturated heterocycles. The van der Waals surface area contributed by atoms with Gasteiger partial charge in [-0.1, -0.05) is 41.6 Å². The van der Waals surface area contributed by atoms with E-state index in [4.69, 9.17) is 20.4 Å². The highest BCUT2D eigenvalue weighted by Crippen LogP contribution is 2.42. The van der Waals surface area contributed by atoms with Crippen molar-refractivity contribution in [3.05, 3.63) is 52.9 Å². The molecule has 2 heterocycles. The van der Waals surface area contributed by atoms with Crippen molar-refractivity contribution in [1.29, 1.82) is 0 Å². The van der Waals surface area contributed by atoms with Crippen LogP contribution < -0.4 is 0 Å². The molecular formula is C22H22ClN3O4S. The maximum Gasteiger partial charge on any atom is 0.277 e. The van der Waals surface area contributed by atoms with E-state index in [0.29, 0.717) is 40.6 Å². The summed E-state index contributed by atoms with van der Waals surface area (Å²) in [7, 11) is 1.67. The number of nitrogens with zero attached hydrogens (tertiary/aromatic N) is 3. The number of Topliss-reactive ketones (excluding diaryl/α,β-unsaturated/α-hetero) is 1. The van der Waals surface area contributed by atoms with Crippen molar-refractivity contribution in [2.24, 2.45) is 0 Å². The highest BCUT2D eigenvalue weighted by molar-refractivity contribution is 7.99. The van der Waals surface area contributed by atoms with Crippen LogP contribution in [0.3, 0.4) is 0 Å². The van der Waals surface area contributed by atoms with E-state index in [1.807, 2.05) is 18.2 Å². The number of furan rings is 1. The minimum atomic E-state index is -1.05. The van der Waals surface area contributed by atoms with E-state index in [1.165, 1.54) is 0 Å². The molecule has 1 aliphatic rings. The average molecular weight is 460 g/mol. The number of rotatable bonds is 6. The van der Waals surface area contributed by atoms with E-state index in [2.05, 4.69) is 10.2 Å². The van der Waals surface area contributed by atoms with E-state index in [0.717, 1.165) is 24.6 Å². The Morgan fingerprint density at radius 3 is 2.77 bits per heavy atom. The minimum Gasteiger partial charge on any atom is -0.469 e. The summed E-state index contributed by atoms with van der Waals surface area (Å²) in [5.74, 6) is 0.878. The third-order valence-corrected chi connectivity index (χ3v) is 6.87. The van der Waals surface area contributed by atoms with Crippen molar-refractivity contribution in [3.8, 4) is 11.5 Å². The zero-order chi connectivity index (χ0) is 22.0. The predicted molar refractivity (Wildman–Crippen MR) is 117 cm³/mol. The molecule has 1 atom stereocenters. The van der Waals surface area contributed by atoms with Crippen LogP contribution in [-0.4, -0.2) is 39.6 Å². The molecule has 0 aliphatic heterocycles. The van der Waals surface area contributed by atoms with Gasteiger partial charge in [0.1, 0.15) is 11.3 Å². The van der Waals surface area contributed by atoms with Crippen molar-refractivity contribution in [2.45, 2.75) is 43.4 Å². The Kier molecular flexibility index (Phi) is 6.20. The normalized spacial score (nSPS) is 18.9. The van der Waals surface area contributed by atoms with Crippen LogP contribution in [0.2, 0.25) is 5.02 Å². The number of amides is 1. The maximum atomic E-state index is 13.1. The Bertz CT molecular complexity index is 1110. The molecule has 31 heavy (non-hydrogen) atoms. The fraction of sp³-hybridized carbons (Fsp3) is 0.364. The molecule has 1 aromatic carbocycles. The molecule has 4 rings (SSSR count). The van der Waals surface area contributed by atoms with Gasteiger partial charge in [-0.3, -0.25) is 9.59 Å². The first-order valence-electron chi connectivity index (χ1n) is 9.99. The maximum absolute atomic E-state index is 13.1. The molecule has 162 valence electrons. The number of halogens is 1. The fourth-order valence-electron chi connectivity index (χ4n) is 4.05. The molecular weight excluding hydrogens is 438 g/mol. The molecule has 7 nitrogen and oxygen atoms in total. The SMILES string of the molecule is Cc1occc1-c1nnc(SCC(=O)N(C)[C@@]2(c3ccccc3Cl)CCCCC2=O)o1. The summed E-state index contributed by atoms with van der Waals surface area (Å²) in [5, 5.41) is 8.80. The van der Waals surface area contributed by atoms with Crippen LogP contribution in [0.25, 0.3) is 11.5 Å². The lowest BCUT2D eigenvalue weighted by Crippen LogP contribution is -2.54. The van der Waals surface area contributed by atoms with Gasteiger partial charge < -0.3 is 13.7 Å².